The van der Waals surface area contributed by atoms with Crippen LogP contribution in [0.4, 0.5) is 0 Å². The van der Waals surface area contributed by atoms with Crippen molar-refractivity contribution in [1.82, 2.24) is 25.6 Å². The van der Waals surface area contributed by atoms with E-state index in [1.165, 1.54) is 11.1 Å². The first-order chi connectivity index (χ1) is 12.2. The van der Waals surface area contributed by atoms with Crippen molar-refractivity contribution < 1.29 is 4.79 Å². The third-order valence-corrected chi connectivity index (χ3v) is 4.93. The monoisotopic (exact) mass is 341 g/mol. The fraction of sp³-hybridized carbons (Fsp3) is 0.526. The van der Waals surface area contributed by atoms with E-state index in [0.717, 1.165) is 44.5 Å². The van der Waals surface area contributed by atoms with Crippen LogP contribution in [0, 0.1) is 6.92 Å². The first-order valence-corrected chi connectivity index (χ1v) is 9.17. The van der Waals surface area contributed by atoms with Crippen molar-refractivity contribution in [3.05, 3.63) is 46.8 Å². The first-order valence-electron chi connectivity index (χ1n) is 9.17. The second kappa shape index (κ2) is 8.25. The molecule has 3 rings (SSSR count). The minimum atomic E-state index is -0.136. The number of aromatic nitrogens is 3. The number of carbonyl (C=O) groups excluding carboxylic acids is 1. The number of hydrogen-bond donors (Lipinski definition) is 2. The van der Waals surface area contributed by atoms with Crippen molar-refractivity contribution in [1.29, 1.82) is 0 Å². The van der Waals surface area contributed by atoms with Gasteiger partial charge in [-0.15, -0.1) is 5.10 Å². The van der Waals surface area contributed by atoms with E-state index in [9.17, 15) is 4.79 Å². The van der Waals surface area contributed by atoms with Crippen LogP contribution in [-0.4, -0.2) is 40.5 Å². The molecule has 0 atom stereocenters. The van der Waals surface area contributed by atoms with E-state index in [-0.39, 0.29) is 5.91 Å². The number of hydrogen-bond acceptors (Lipinski definition) is 4. The van der Waals surface area contributed by atoms with Crippen LogP contribution in [0.15, 0.2) is 24.3 Å². The number of piperidine rings is 1. The summed E-state index contributed by atoms with van der Waals surface area (Å²) in [7, 11) is 0. The molecule has 0 spiro atoms. The van der Waals surface area contributed by atoms with Gasteiger partial charge in [0.2, 0.25) is 0 Å². The van der Waals surface area contributed by atoms with Crippen LogP contribution in [0.1, 0.15) is 53.1 Å². The second-order valence-electron chi connectivity index (χ2n) is 6.63. The number of amides is 1. The topological polar surface area (TPSA) is 71.8 Å². The fourth-order valence-corrected chi connectivity index (χ4v) is 3.29. The van der Waals surface area contributed by atoms with Crippen molar-refractivity contribution in [2.24, 2.45) is 0 Å². The number of nitrogens with one attached hydrogen (secondary N) is 2. The Hall–Kier alpha value is -2.21. The Balaban J connectivity index is 1.55. The van der Waals surface area contributed by atoms with Crippen LogP contribution in [0.2, 0.25) is 0 Å². The van der Waals surface area contributed by atoms with Gasteiger partial charge in [0.15, 0.2) is 5.69 Å². The predicted octanol–water partition coefficient (Wildman–Crippen LogP) is 2.05. The molecule has 1 saturated heterocycles. The van der Waals surface area contributed by atoms with Gasteiger partial charge < -0.3 is 10.6 Å². The largest absolute Gasteiger partial charge is 0.350 e. The van der Waals surface area contributed by atoms with Crippen molar-refractivity contribution in [3.63, 3.8) is 0 Å². The van der Waals surface area contributed by atoms with Gasteiger partial charge in [-0.05, 0) is 56.8 Å². The molecule has 0 aliphatic carbocycles. The summed E-state index contributed by atoms with van der Waals surface area (Å²) in [5.41, 5.74) is 3.86. The smallest absolute Gasteiger partial charge is 0.273 e. The molecule has 0 unspecified atom stereocenters. The van der Waals surface area contributed by atoms with Gasteiger partial charge in [-0.25, -0.2) is 4.68 Å². The Labute approximate surface area is 149 Å². The molecule has 0 saturated carbocycles. The quantitative estimate of drug-likeness (QED) is 0.843. The second-order valence-corrected chi connectivity index (χ2v) is 6.63. The maximum Gasteiger partial charge on any atom is 0.273 e. The molecule has 6 nitrogen and oxygen atoms in total. The molecular formula is C19H27N5O. The summed E-state index contributed by atoms with van der Waals surface area (Å²) in [6, 6.07) is 8.89. The van der Waals surface area contributed by atoms with E-state index in [4.69, 9.17) is 0 Å². The third kappa shape index (κ3) is 4.25. The van der Waals surface area contributed by atoms with Crippen LogP contribution in [0.25, 0.3) is 0 Å². The zero-order valence-corrected chi connectivity index (χ0v) is 15.1. The van der Waals surface area contributed by atoms with Crippen molar-refractivity contribution in [3.8, 4) is 0 Å². The van der Waals surface area contributed by atoms with Gasteiger partial charge in [-0.3, -0.25) is 4.79 Å². The first kappa shape index (κ1) is 17.6. The Morgan fingerprint density at radius 3 is 2.60 bits per heavy atom. The molecule has 25 heavy (non-hydrogen) atoms. The van der Waals surface area contributed by atoms with Crippen LogP contribution < -0.4 is 10.6 Å². The fourth-order valence-electron chi connectivity index (χ4n) is 3.29. The van der Waals surface area contributed by atoms with Gasteiger partial charge >= 0.3 is 0 Å². The summed E-state index contributed by atoms with van der Waals surface area (Å²) >= 11 is 0. The Kier molecular flexibility index (Phi) is 5.81. The molecule has 1 fully saturated rings. The maximum absolute atomic E-state index is 12.4. The minimum Gasteiger partial charge on any atom is -0.350 e. The highest BCUT2D eigenvalue weighted by molar-refractivity contribution is 5.93. The SMILES string of the molecule is CCc1ccc(CCNC(=O)c2nnn(C3CCNCC3)c2C)cc1. The summed E-state index contributed by atoms with van der Waals surface area (Å²) < 4.78 is 1.92. The van der Waals surface area contributed by atoms with Gasteiger partial charge in [-0.1, -0.05) is 36.4 Å². The zero-order valence-electron chi connectivity index (χ0n) is 15.1. The zero-order chi connectivity index (χ0) is 17.6. The standard InChI is InChI=1S/C19H27N5O/c1-3-15-4-6-16(7-5-15)8-13-21-19(25)18-14(2)24(23-22-18)17-9-11-20-12-10-17/h4-7,17,20H,3,8-13H2,1-2H3,(H,21,25). The third-order valence-electron chi connectivity index (χ3n) is 4.93. The maximum atomic E-state index is 12.4. The number of carbonyl (C=O) groups is 1. The Morgan fingerprint density at radius 2 is 1.92 bits per heavy atom. The lowest BCUT2D eigenvalue weighted by Crippen LogP contribution is -2.30. The highest BCUT2D eigenvalue weighted by Gasteiger charge is 2.22. The van der Waals surface area contributed by atoms with E-state index in [0.29, 0.717) is 18.3 Å². The number of rotatable bonds is 6. The average Bonchev–Trinajstić information content (AvgIpc) is 3.04. The molecule has 6 heteroatoms. The molecule has 2 aromatic rings. The average molecular weight is 341 g/mol. The van der Waals surface area contributed by atoms with Gasteiger partial charge in [-0.2, -0.15) is 0 Å². The van der Waals surface area contributed by atoms with E-state index in [1.54, 1.807) is 0 Å². The van der Waals surface area contributed by atoms with Gasteiger partial charge in [0, 0.05) is 6.54 Å². The van der Waals surface area contributed by atoms with Crippen LogP contribution >= 0.6 is 0 Å². The Bertz CT molecular complexity index is 701. The van der Waals surface area contributed by atoms with Crippen molar-refractivity contribution >= 4 is 5.91 Å². The highest BCUT2D eigenvalue weighted by Crippen LogP contribution is 2.20. The molecule has 1 aliphatic rings. The number of benzene rings is 1. The molecule has 2 heterocycles. The summed E-state index contributed by atoms with van der Waals surface area (Å²) in [6.07, 6.45) is 3.91. The lowest BCUT2D eigenvalue weighted by molar-refractivity contribution is 0.0948. The lowest BCUT2D eigenvalue weighted by atomic mass is 10.1. The molecule has 1 aliphatic heterocycles. The molecule has 2 N–H and O–H groups in total. The van der Waals surface area contributed by atoms with Gasteiger partial charge in [0.05, 0.1) is 11.7 Å². The Morgan fingerprint density at radius 1 is 1.24 bits per heavy atom. The van der Waals surface area contributed by atoms with Crippen LogP contribution in [0.5, 0.6) is 0 Å². The predicted molar refractivity (Wildman–Crippen MR) is 97.8 cm³/mol. The summed E-state index contributed by atoms with van der Waals surface area (Å²) in [6.45, 7) is 6.66. The number of nitrogens with zero attached hydrogens (tertiary/aromatic N) is 3. The molecule has 0 radical (unpaired) electrons. The highest BCUT2D eigenvalue weighted by atomic mass is 16.2. The summed E-state index contributed by atoms with van der Waals surface area (Å²) in [5.74, 6) is -0.136. The summed E-state index contributed by atoms with van der Waals surface area (Å²) in [4.78, 5) is 12.4. The van der Waals surface area contributed by atoms with E-state index >= 15 is 0 Å². The molecule has 0 bridgehead atoms. The van der Waals surface area contributed by atoms with E-state index < -0.39 is 0 Å². The van der Waals surface area contributed by atoms with E-state index in [1.807, 2.05) is 11.6 Å². The number of aryl methyl sites for hydroxylation is 1. The van der Waals surface area contributed by atoms with Crippen molar-refractivity contribution in [2.75, 3.05) is 19.6 Å². The van der Waals surface area contributed by atoms with Crippen molar-refractivity contribution in [2.45, 2.75) is 45.6 Å². The van der Waals surface area contributed by atoms with Crippen LogP contribution in [-0.2, 0) is 12.8 Å². The lowest BCUT2D eigenvalue weighted by Gasteiger charge is -2.23. The van der Waals surface area contributed by atoms with Gasteiger partial charge in [0.1, 0.15) is 0 Å². The molecule has 1 aromatic heterocycles. The molecule has 1 aromatic carbocycles. The normalized spacial score (nSPS) is 15.3. The van der Waals surface area contributed by atoms with Gasteiger partial charge in [0.25, 0.3) is 5.91 Å². The minimum absolute atomic E-state index is 0.136. The molecule has 1 amide bonds. The molecular weight excluding hydrogens is 314 g/mol. The van der Waals surface area contributed by atoms with Crippen LogP contribution in [0.3, 0.4) is 0 Å². The van der Waals surface area contributed by atoms with E-state index in [2.05, 4.69) is 52.1 Å². The summed E-state index contributed by atoms with van der Waals surface area (Å²) in [5, 5.41) is 14.7. The molecule has 134 valence electrons.